The minimum Gasteiger partial charge on any atom is -0.481 e. The summed E-state index contributed by atoms with van der Waals surface area (Å²) >= 11 is 0. The smallest absolute Gasteiger partial charge is 0.326 e. The average Bonchev–Trinajstić information content (AvgIpc) is 3.11. The van der Waals surface area contributed by atoms with Gasteiger partial charge < -0.3 is 45.1 Å². The number of rotatable bonds is 40. The molecule has 3 amide bonds. The third-order valence-corrected chi connectivity index (χ3v) is 8.26. The van der Waals surface area contributed by atoms with Gasteiger partial charge in [-0.3, -0.25) is 24.0 Å². The Morgan fingerprint density at radius 2 is 0.887 bits per heavy atom. The molecule has 308 valence electrons. The van der Waals surface area contributed by atoms with E-state index in [1.807, 2.05) is 0 Å². The topological polar surface area (TPSA) is 216 Å². The van der Waals surface area contributed by atoms with E-state index in [4.69, 9.17) is 24.1 Å². The van der Waals surface area contributed by atoms with Crippen LogP contribution in [0.15, 0.2) is 0 Å². The van der Waals surface area contributed by atoms with Crippen LogP contribution in [0.3, 0.4) is 0 Å². The molecule has 0 saturated carbocycles. The molecule has 15 nitrogen and oxygen atoms in total. The van der Waals surface area contributed by atoms with Gasteiger partial charge in [-0.2, -0.15) is 0 Å². The zero-order valence-corrected chi connectivity index (χ0v) is 32.3. The molecule has 0 aromatic rings. The van der Waals surface area contributed by atoms with Crippen molar-refractivity contribution in [3.8, 4) is 0 Å². The molecule has 0 radical (unpaired) electrons. The van der Waals surface area contributed by atoms with Gasteiger partial charge in [-0.15, -0.1) is 0 Å². The third kappa shape index (κ3) is 38.4. The molecule has 1 unspecified atom stereocenters. The van der Waals surface area contributed by atoms with Crippen LogP contribution < -0.4 is 16.0 Å². The first-order valence-electron chi connectivity index (χ1n) is 19.7. The predicted octanol–water partition coefficient (Wildman–Crippen LogP) is 4.33. The first-order chi connectivity index (χ1) is 25.6. The predicted molar refractivity (Wildman–Crippen MR) is 200 cm³/mol. The van der Waals surface area contributed by atoms with Gasteiger partial charge in [-0.1, -0.05) is 89.9 Å². The summed E-state index contributed by atoms with van der Waals surface area (Å²) in [5, 5.41) is 26.0. The number of amides is 3. The van der Waals surface area contributed by atoms with Crippen molar-refractivity contribution < 1.29 is 57.9 Å². The van der Waals surface area contributed by atoms with Gasteiger partial charge in [0.1, 0.15) is 19.3 Å². The molecule has 0 fully saturated rings. The van der Waals surface area contributed by atoms with Crippen molar-refractivity contribution in [1.82, 2.24) is 16.0 Å². The molecule has 0 heterocycles. The highest BCUT2D eigenvalue weighted by Gasteiger charge is 2.20. The molecule has 0 bridgehead atoms. The number of Topliss-reactive ketones (excluding diaryl/α,β-unsaturated/α-hetero) is 1. The fourth-order valence-corrected chi connectivity index (χ4v) is 5.32. The van der Waals surface area contributed by atoms with Crippen LogP contribution in [0.4, 0.5) is 0 Å². The van der Waals surface area contributed by atoms with E-state index in [1.54, 1.807) is 0 Å². The molecule has 0 aromatic heterocycles. The van der Waals surface area contributed by atoms with Crippen LogP contribution in [0.5, 0.6) is 0 Å². The Bertz CT molecular complexity index is 982. The summed E-state index contributed by atoms with van der Waals surface area (Å²) in [6.07, 6.45) is 18.5. The number of carbonyl (C=O) groups is 6. The van der Waals surface area contributed by atoms with Crippen molar-refractivity contribution in [2.24, 2.45) is 0 Å². The lowest BCUT2D eigenvalue weighted by Crippen LogP contribution is -2.41. The quantitative estimate of drug-likeness (QED) is 0.0552. The van der Waals surface area contributed by atoms with Crippen LogP contribution >= 0.6 is 0 Å². The molecule has 0 aliphatic rings. The normalized spacial score (nSPS) is 11.6. The second-order valence-corrected chi connectivity index (χ2v) is 13.3. The van der Waals surface area contributed by atoms with E-state index in [0.29, 0.717) is 32.8 Å². The highest BCUT2D eigenvalue weighted by Crippen LogP contribution is 2.14. The third-order valence-electron chi connectivity index (χ3n) is 8.26. The monoisotopic (exact) mass is 759 g/mol. The van der Waals surface area contributed by atoms with Gasteiger partial charge in [0.15, 0.2) is 5.78 Å². The minimum atomic E-state index is -1.17. The largest absolute Gasteiger partial charge is 0.481 e. The zero-order chi connectivity index (χ0) is 39.2. The van der Waals surface area contributed by atoms with Gasteiger partial charge in [0.05, 0.1) is 39.6 Å². The highest BCUT2D eigenvalue weighted by molar-refractivity contribution is 5.84. The van der Waals surface area contributed by atoms with E-state index in [0.717, 1.165) is 38.5 Å². The van der Waals surface area contributed by atoms with Crippen LogP contribution in [-0.4, -0.2) is 118 Å². The summed E-state index contributed by atoms with van der Waals surface area (Å²) in [5.74, 6) is -2.87. The summed E-state index contributed by atoms with van der Waals surface area (Å²) < 4.78 is 20.9. The second kappa shape index (κ2) is 37.2. The standard InChI is InChI=1S/C38H69N3O12/c1-32(42)30-52-28-29-53-31-36(45)40-23-25-51-27-26-50-24-22-39-34(43)21-20-33(38(48)49)41-35(44)18-16-14-12-10-8-6-4-2-3-5-7-9-11-13-15-17-19-37(46)47/h33H,2-31H2,1H3,(H,39,43)(H,40,45)(H,41,44)(H,46,47)(H,48,49). The van der Waals surface area contributed by atoms with Gasteiger partial charge in [0, 0.05) is 32.4 Å². The number of hydrogen-bond donors (Lipinski definition) is 5. The maximum Gasteiger partial charge on any atom is 0.326 e. The van der Waals surface area contributed by atoms with Gasteiger partial charge in [0.2, 0.25) is 17.7 Å². The number of hydrogen-bond acceptors (Lipinski definition) is 10. The van der Waals surface area contributed by atoms with E-state index in [1.165, 1.54) is 64.7 Å². The van der Waals surface area contributed by atoms with Crippen LogP contribution in [0, 0.1) is 0 Å². The Hall–Kier alpha value is -3.14. The van der Waals surface area contributed by atoms with Crippen molar-refractivity contribution >= 4 is 35.4 Å². The molecule has 0 saturated heterocycles. The number of carboxylic acids is 2. The van der Waals surface area contributed by atoms with Crippen molar-refractivity contribution in [3.05, 3.63) is 0 Å². The Balaban J connectivity index is 3.63. The van der Waals surface area contributed by atoms with E-state index in [9.17, 15) is 33.9 Å². The summed E-state index contributed by atoms with van der Waals surface area (Å²) in [6.45, 7) is 3.48. The molecule has 0 aromatic carbocycles. The van der Waals surface area contributed by atoms with Crippen LogP contribution in [0.25, 0.3) is 0 Å². The van der Waals surface area contributed by atoms with Crippen molar-refractivity contribution in [2.45, 2.75) is 141 Å². The number of aliphatic carboxylic acids is 2. The second-order valence-electron chi connectivity index (χ2n) is 13.3. The van der Waals surface area contributed by atoms with Crippen molar-refractivity contribution in [1.29, 1.82) is 0 Å². The number of ether oxygens (including phenoxy) is 4. The average molecular weight is 760 g/mol. The fraction of sp³-hybridized carbons (Fsp3) is 0.842. The Morgan fingerprint density at radius 3 is 1.34 bits per heavy atom. The molecular formula is C38H69N3O12. The van der Waals surface area contributed by atoms with Gasteiger partial charge >= 0.3 is 11.9 Å². The number of ketones is 1. The van der Waals surface area contributed by atoms with E-state index in [-0.39, 0.29) is 88.8 Å². The van der Waals surface area contributed by atoms with Crippen molar-refractivity contribution in [3.63, 3.8) is 0 Å². The molecule has 0 aliphatic heterocycles. The Labute approximate surface area is 316 Å². The molecule has 53 heavy (non-hydrogen) atoms. The maximum absolute atomic E-state index is 12.3. The van der Waals surface area contributed by atoms with Crippen molar-refractivity contribution in [2.75, 3.05) is 65.9 Å². The lowest BCUT2D eigenvalue weighted by Gasteiger charge is -2.14. The van der Waals surface area contributed by atoms with E-state index < -0.39 is 18.0 Å². The van der Waals surface area contributed by atoms with Gasteiger partial charge in [-0.05, 0) is 26.2 Å². The van der Waals surface area contributed by atoms with Crippen LogP contribution in [0.1, 0.15) is 135 Å². The number of nitrogens with one attached hydrogen (secondary N) is 3. The molecule has 0 aliphatic carbocycles. The van der Waals surface area contributed by atoms with Gasteiger partial charge in [0.25, 0.3) is 0 Å². The summed E-state index contributed by atoms with van der Waals surface area (Å²) in [5.41, 5.74) is 0. The molecule has 0 spiro atoms. The first kappa shape index (κ1) is 49.9. The SMILES string of the molecule is CC(=O)COCCOCC(=O)NCCOCCOCCNC(=O)CCC(NC(=O)CCCCCCCCCCCCCCCCCCC(=O)O)C(=O)O. The lowest BCUT2D eigenvalue weighted by atomic mass is 10.0. The van der Waals surface area contributed by atoms with Gasteiger partial charge in [-0.25, -0.2) is 4.79 Å². The summed E-state index contributed by atoms with van der Waals surface area (Å²) in [7, 11) is 0. The summed E-state index contributed by atoms with van der Waals surface area (Å²) in [6, 6.07) is -1.12. The summed E-state index contributed by atoms with van der Waals surface area (Å²) in [4.78, 5) is 69.0. The highest BCUT2D eigenvalue weighted by atomic mass is 16.5. The number of carboxylic acid groups (broad SMARTS) is 2. The van der Waals surface area contributed by atoms with E-state index >= 15 is 0 Å². The number of unbranched alkanes of at least 4 members (excludes halogenated alkanes) is 15. The maximum atomic E-state index is 12.3. The Kier molecular flexibility index (Phi) is 35.0. The molecule has 15 heteroatoms. The number of carbonyl (C=O) groups excluding carboxylic acids is 4. The minimum absolute atomic E-state index is 0.00398. The molecule has 1 atom stereocenters. The lowest BCUT2D eigenvalue weighted by molar-refractivity contribution is -0.142. The molecule has 0 rings (SSSR count). The molecule has 5 N–H and O–H groups in total. The molecular weight excluding hydrogens is 690 g/mol. The van der Waals surface area contributed by atoms with E-state index in [2.05, 4.69) is 16.0 Å². The van der Waals surface area contributed by atoms with Crippen LogP contribution in [-0.2, 0) is 47.7 Å². The fourth-order valence-electron chi connectivity index (χ4n) is 5.32. The zero-order valence-electron chi connectivity index (χ0n) is 32.3. The Morgan fingerprint density at radius 1 is 0.472 bits per heavy atom. The van der Waals surface area contributed by atoms with Crippen LogP contribution in [0.2, 0.25) is 0 Å². The first-order valence-corrected chi connectivity index (χ1v) is 19.7.